The lowest BCUT2D eigenvalue weighted by Crippen LogP contribution is -2.29. The molecule has 0 aliphatic heterocycles. The Kier molecular flexibility index (Phi) is 5.47. The van der Waals surface area contributed by atoms with Gasteiger partial charge in [-0.05, 0) is 68.3 Å². The van der Waals surface area contributed by atoms with Gasteiger partial charge in [-0.1, -0.05) is 17.7 Å². The zero-order chi connectivity index (χ0) is 13.1. The van der Waals surface area contributed by atoms with Gasteiger partial charge in [0, 0.05) is 14.9 Å². The molecule has 1 aromatic carbocycles. The Morgan fingerprint density at radius 1 is 1.39 bits per heavy atom. The second-order valence-corrected chi connectivity index (χ2v) is 7.92. The van der Waals surface area contributed by atoms with Crippen LogP contribution in [0.25, 0.3) is 0 Å². The molecule has 2 nitrogen and oxygen atoms in total. The molecule has 0 bridgehead atoms. The number of hydrazine groups is 1. The highest BCUT2D eigenvalue weighted by atomic mass is 127. The van der Waals surface area contributed by atoms with Crippen LogP contribution >= 0.6 is 61.5 Å². The van der Waals surface area contributed by atoms with Crippen molar-refractivity contribution >= 4 is 61.5 Å². The fourth-order valence-electron chi connectivity index (χ4n) is 1.66. The molecular formula is C12H11BrClIN2S. The summed E-state index contributed by atoms with van der Waals surface area (Å²) in [5, 5.41) is 0.765. The quantitative estimate of drug-likeness (QED) is 0.403. The Morgan fingerprint density at radius 3 is 2.72 bits per heavy atom. The molecule has 1 atom stereocenters. The van der Waals surface area contributed by atoms with E-state index in [1.54, 1.807) is 11.3 Å². The predicted octanol–water partition coefficient (Wildman–Crippen LogP) is 4.52. The summed E-state index contributed by atoms with van der Waals surface area (Å²) in [6.45, 7) is 0. The van der Waals surface area contributed by atoms with Gasteiger partial charge in [-0.15, -0.1) is 11.3 Å². The SMILES string of the molecule is NNC(Cc1ccc(Br)s1)c1ccc(I)c(Cl)c1. The number of benzene rings is 1. The van der Waals surface area contributed by atoms with E-state index in [1.807, 2.05) is 12.1 Å². The van der Waals surface area contributed by atoms with Gasteiger partial charge in [-0.3, -0.25) is 11.3 Å². The third kappa shape index (κ3) is 3.68. The summed E-state index contributed by atoms with van der Waals surface area (Å²) >= 11 is 13.5. The Balaban J connectivity index is 2.19. The topological polar surface area (TPSA) is 38.0 Å². The van der Waals surface area contributed by atoms with Crippen molar-refractivity contribution < 1.29 is 0 Å². The molecule has 2 rings (SSSR count). The van der Waals surface area contributed by atoms with Crippen LogP contribution in [0.5, 0.6) is 0 Å². The van der Waals surface area contributed by atoms with Crippen molar-refractivity contribution in [3.8, 4) is 0 Å². The smallest absolute Gasteiger partial charge is 0.0701 e. The van der Waals surface area contributed by atoms with Crippen LogP contribution in [-0.2, 0) is 6.42 Å². The van der Waals surface area contributed by atoms with Crippen molar-refractivity contribution in [3.63, 3.8) is 0 Å². The highest BCUT2D eigenvalue weighted by molar-refractivity contribution is 14.1. The highest BCUT2D eigenvalue weighted by Crippen LogP contribution is 2.28. The predicted molar refractivity (Wildman–Crippen MR) is 90.0 cm³/mol. The van der Waals surface area contributed by atoms with Crippen LogP contribution in [0.4, 0.5) is 0 Å². The maximum Gasteiger partial charge on any atom is 0.0701 e. The summed E-state index contributed by atoms with van der Waals surface area (Å²) < 4.78 is 2.18. The van der Waals surface area contributed by atoms with Gasteiger partial charge in [0.2, 0.25) is 0 Å². The largest absolute Gasteiger partial charge is 0.271 e. The molecule has 1 unspecified atom stereocenters. The first-order chi connectivity index (χ1) is 8.60. The maximum atomic E-state index is 6.14. The molecule has 2 aromatic rings. The molecule has 0 aliphatic carbocycles. The van der Waals surface area contributed by atoms with Crippen molar-refractivity contribution in [1.82, 2.24) is 5.43 Å². The maximum absolute atomic E-state index is 6.14. The van der Waals surface area contributed by atoms with Gasteiger partial charge >= 0.3 is 0 Å². The van der Waals surface area contributed by atoms with E-state index in [2.05, 4.69) is 62.1 Å². The Hall–Kier alpha value is 0.340. The number of halogens is 3. The second-order valence-electron chi connectivity index (χ2n) is 3.80. The van der Waals surface area contributed by atoms with E-state index < -0.39 is 0 Å². The van der Waals surface area contributed by atoms with Crippen molar-refractivity contribution in [1.29, 1.82) is 0 Å². The minimum absolute atomic E-state index is 0.0741. The van der Waals surface area contributed by atoms with E-state index in [0.29, 0.717) is 0 Å². The van der Waals surface area contributed by atoms with Crippen LogP contribution in [0.15, 0.2) is 34.1 Å². The summed E-state index contributed by atoms with van der Waals surface area (Å²) in [5.41, 5.74) is 3.96. The number of thiophene rings is 1. The normalized spacial score (nSPS) is 12.7. The van der Waals surface area contributed by atoms with Gasteiger partial charge in [0.1, 0.15) is 0 Å². The molecule has 18 heavy (non-hydrogen) atoms. The van der Waals surface area contributed by atoms with Crippen LogP contribution in [0, 0.1) is 3.57 Å². The lowest BCUT2D eigenvalue weighted by atomic mass is 10.0. The van der Waals surface area contributed by atoms with Crippen LogP contribution in [0.2, 0.25) is 5.02 Å². The van der Waals surface area contributed by atoms with Crippen LogP contribution in [0.3, 0.4) is 0 Å². The van der Waals surface area contributed by atoms with E-state index in [0.717, 1.165) is 24.4 Å². The summed E-state index contributed by atoms with van der Waals surface area (Å²) in [4.78, 5) is 1.28. The molecule has 0 radical (unpaired) electrons. The third-order valence-corrected chi connectivity index (χ3v) is 5.80. The fourth-order valence-corrected chi connectivity index (χ4v) is 3.72. The average molecular weight is 458 g/mol. The molecule has 1 aromatic heterocycles. The zero-order valence-corrected chi connectivity index (χ0v) is 14.6. The molecule has 0 saturated heterocycles. The Labute approximate surface area is 137 Å². The molecule has 3 N–H and O–H groups in total. The number of rotatable bonds is 4. The molecule has 0 fully saturated rings. The summed E-state index contributed by atoms with van der Waals surface area (Å²) in [6.07, 6.45) is 0.851. The van der Waals surface area contributed by atoms with E-state index in [4.69, 9.17) is 17.4 Å². The summed E-state index contributed by atoms with van der Waals surface area (Å²) in [7, 11) is 0. The molecule has 0 spiro atoms. The average Bonchev–Trinajstić information content (AvgIpc) is 2.75. The van der Waals surface area contributed by atoms with Crippen molar-refractivity contribution in [2.24, 2.45) is 5.84 Å². The van der Waals surface area contributed by atoms with E-state index >= 15 is 0 Å². The van der Waals surface area contributed by atoms with Gasteiger partial charge in [0.25, 0.3) is 0 Å². The van der Waals surface area contributed by atoms with Crippen molar-refractivity contribution in [2.45, 2.75) is 12.5 Å². The Bertz CT molecular complexity index is 547. The molecule has 0 amide bonds. The van der Waals surface area contributed by atoms with Crippen molar-refractivity contribution in [2.75, 3.05) is 0 Å². The van der Waals surface area contributed by atoms with Crippen LogP contribution < -0.4 is 11.3 Å². The van der Waals surface area contributed by atoms with Crippen LogP contribution in [-0.4, -0.2) is 0 Å². The molecule has 96 valence electrons. The van der Waals surface area contributed by atoms with Crippen LogP contribution in [0.1, 0.15) is 16.5 Å². The van der Waals surface area contributed by atoms with E-state index in [1.165, 1.54) is 4.88 Å². The minimum atomic E-state index is 0.0741. The van der Waals surface area contributed by atoms with E-state index in [-0.39, 0.29) is 6.04 Å². The highest BCUT2D eigenvalue weighted by Gasteiger charge is 2.13. The third-order valence-electron chi connectivity index (χ3n) is 2.58. The van der Waals surface area contributed by atoms with Gasteiger partial charge in [-0.2, -0.15) is 0 Å². The molecular weight excluding hydrogens is 446 g/mol. The number of nitrogens with one attached hydrogen (secondary N) is 1. The number of hydrogen-bond acceptors (Lipinski definition) is 3. The molecule has 0 aliphatic rings. The zero-order valence-electron chi connectivity index (χ0n) is 9.29. The molecule has 0 saturated carbocycles. The van der Waals surface area contributed by atoms with Gasteiger partial charge in [-0.25, -0.2) is 0 Å². The first-order valence-electron chi connectivity index (χ1n) is 5.25. The van der Waals surface area contributed by atoms with E-state index in [9.17, 15) is 0 Å². The standard InChI is InChI=1S/C12H11BrClIN2S/c13-12-4-2-8(18-12)6-11(17-16)7-1-3-10(15)9(14)5-7/h1-5,11,17H,6,16H2. The molecule has 6 heteroatoms. The van der Waals surface area contributed by atoms with Gasteiger partial charge < -0.3 is 0 Å². The first kappa shape index (κ1) is 14.7. The number of nitrogens with two attached hydrogens (primary N) is 1. The lowest BCUT2D eigenvalue weighted by molar-refractivity contribution is 0.555. The monoisotopic (exact) mass is 456 g/mol. The fraction of sp³-hybridized carbons (Fsp3) is 0.167. The first-order valence-corrected chi connectivity index (χ1v) is 8.32. The van der Waals surface area contributed by atoms with Crippen molar-refractivity contribution in [3.05, 3.63) is 53.2 Å². The minimum Gasteiger partial charge on any atom is -0.271 e. The lowest BCUT2D eigenvalue weighted by Gasteiger charge is -2.16. The Morgan fingerprint density at radius 2 is 2.17 bits per heavy atom. The number of hydrogen-bond donors (Lipinski definition) is 2. The second kappa shape index (κ2) is 6.67. The van der Waals surface area contributed by atoms with Gasteiger partial charge in [0.15, 0.2) is 0 Å². The summed E-state index contributed by atoms with van der Waals surface area (Å²) in [6, 6.07) is 10.3. The van der Waals surface area contributed by atoms with Gasteiger partial charge in [0.05, 0.1) is 14.9 Å². The summed E-state index contributed by atoms with van der Waals surface area (Å²) in [5.74, 6) is 5.65. The molecule has 1 heterocycles.